The zero-order valence-corrected chi connectivity index (χ0v) is 20.8. The van der Waals surface area contributed by atoms with Crippen LogP contribution in [0, 0.1) is 0 Å². The molecule has 2 amide bonds. The van der Waals surface area contributed by atoms with Gasteiger partial charge in [0.1, 0.15) is 5.57 Å². The van der Waals surface area contributed by atoms with Gasteiger partial charge in [-0.25, -0.2) is 0 Å². The number of aromatic nitrogens is 1. The van der Waals surface area contributed by atoms with Crippen LogP contribution >= 0.6 is 35.4 Å². The van der Waals surface area contributed by atoms with Crippen molar-refractivity contribution in [1.82, 2.24) is 9.88 Å². The molecule has 0 radical (unpaired) electrons. The van der Waals surface area contributed by atoms with E-state index in [0.717, 1.165) is 12.1 Å². The van der Waals surface area contributed by atoms with Gasteiger partial charge in [-0.15, -0.1) is 0 Å². The standard InChI is InChI=1S/C26H14Cl2F3N3O2S/c27-16-6-8-17(9-7-16)34-24(36)19(23(35)32-25(34)37)11-14-13-33(21-4-2-1-3-18(14)21)22-10-5-15(12-20(22)28)26(29,30)31/h1-13H,(H,32,35,37)/b19-11+. The number of benzene rings is 3. The van der Waals surface area contributed by atoms with Crippen molar-refractivity contribution < 1.29 is 22.8 Å². The molecule has 5 nitrogen and oxygen atoms in total. The summed E-state index contributed by atoms with van der Waals surface area (Å²) in [6.45, 7) is 0. The highest BCUT2D eigenvalue weighted by Gasteiger charge is 2.35. The van der Waals surface area contributed by atoms with Crippen molar-refractivity contribution in [3.8, 4) is 5.69 Å². The minimum Gasteiger partial charge on any atom is -0.314 e. The minimum atomic E-state index is -4.54. The average molecular weight is 560 g/mol. The summed E-state index contributed by atoms with van der Waals surface area (Å²) in [5, 5.41) is 3.45. The monoisotopic (exact) mass is 559 g/mol. The third-order valence-electron chi connectivity index (χ3n) is 5.76. The van der Waals surface area contributed by atoms with Gasteiger partial charge in [0.25, 0.3) is 11.8 Å². The largest absolute Gasteiger partial charge is 0.416 e. The number of alkyl halides is 3. The molecule has 1 aliphatic rings. The Balaban J connectivity index is 1.62. The molecule has 3 aromatic carbocycles. The summed E-state index contributed by atoms with van der Waals surface area (Å²) in [7, 11) is 0. The molecule has 0 saturated carbocycles. The lowest BCUT2D eigenvalue weighted by molar-refractivity contribution is -0.137. The number of fused-ring (bicyclic) bond motifs is 1. The zero-order chi connectivity index (χ0) is 26.5. The molecule has 2 heterocycles. The maximum absolute atomic E-state index is 13.4. The van der Waals surface area contributed by atoms with E-state index in [-0.39, 0.29) is 15.7 Å². The number of para-hydroxylation sites is 1. The molecule has 0 atom stereocenters. The first-order valence-electron chi connectivity index (χ1n) is 10.7. The average Bonchev–Trinajstić information content (AvgIpc) is 3.20. The van der Waals surface area contributed by atoms with E-state index in [0.29, 0.717) is 32.9 Å². The highest BCUT2D eigenvalue weighted by Crippen LogP contribution is 2.35. The molecule has 0 unspecified atom stereocenters. The molecular weight excluding hydrogens is 546 g/mol. The first kappa shape index (κ1) is 25.0. The number of nitrogens with one attached hydrogen (secondary N) is 1. The van der Waals surface area contributed by atoms with E-state index in [9.17, 15) is 22.8 Å². The van der Waals surface area contributed by atoms with Crippen LogP contribution in [0.1, 0.15) is 11.1 Å². The smallest absolute Gasteiger partial charge is 0.314 e. The molecule has 1 fully saturated rings. The van der Waals surface area contributed by atoms with Crippen LogP contribution in [-0.4, -0.2) is 21.5 Å². The lowest BCUT2D eigenvalue weighted by Gasteiger charge is -2.28. The van der Waals surface area contributed by atoms with Crippen molar-refractivity contribution in [1.29, 1.82) is 0 Å². The Bertz CT molecular complexity index is 1630. The summed E-state index contributed by atoms with van der Waals surface area (Å²) in [4.78, 5) is 27.3. The van der Waals surface area contributed by atoms with Crippen molar-refractivity contribution in [2.45, 2.75) is 6.18 Å². The topological polar surface area (TPSA) is 54.3 Å². The van der Waals surface area contributed by atoms with Gasteiger partial charge in [0.15, 0.2) is 5.11 Å². The lowest BCUT2D eigenvalue weighted by Crippen LogP contribution is -2.54. The Morgan fingerprint density at radius 3 is 2.32 bits per heavy atom. The number of carbonyl (C=O) groups is 2. The van der Waals surface area contributed by atoms with Crippen LogP contribution in [0.5, 0.6) is 0 Å². The number of rotatable bonds is 3. The Hall–Kier alpha value is -3.66. The van der Waals surface area contributed by atoms with Gasteiger partial charge in [-0.3, -0.25) is 19.8 Å². The Morgan fingerprint density at radius 2 is 1.65 bits per heavy atom. The second-order valence-electron chi connectivity index (χ2n) is 8.07. The Kier molecular flexibility index (Phi) is 6.31. The van der Waals surface area contributed by atoms with Crippen molar-refractivity contribution in [2.24, 2.45) is 0 Å². The molecule has 4 aromatic rings. The van der Waals surface area contributed by atoms with Crippen molar-refractivity contribution in [3.05, 3.63) is 99.7 Å². The molecular formula is C26H14Cl2F3N3O2S. The van der Waals surface area contributed by atoms with Crippen molar-refractivity contribution in [3.63, 3.8) is 0 Å². The van der Waals surface area contributed by atoms with E-state index < -0.39 is 23.6 Å². The maximum Gasteiger partial charge on any atom is 0.416 e. The molecule has 186 valence electrons. The third kappa shape index (κ3) is 4.61. The van der Waals surface area contributed by atoms with E-state index in [1.165, 1.54) is 17.0 Å². The molecule has 37 heavy (non-hydrogen) atoms. The van der Waals surface area contributed by atoms with E-state index in [1.807, 2.05) is 0 Å². The summed E-state index contributed by atoms with van der Waals surface area (Å²) in [5.74, 6) is -1.31. The van der Waals surface area contributed by atoms with Gasteiger partial charge in [0.2, 0.25) is 0 Å². The van der Waals surface area contributed by atoms with Crippen LogP contribution in [0.15, 0.2) is 78.5 Å². The van der Waals surface area contributed by atoms with Crippen LogP contribution in [0.3, 0.4) is 0 Å². The predicted molar refractivity (Wildman–Crippen MR) is 141 cm³/mol. The zero-order valence-electron chi connectivity index (χ0n) is 18.5. The summed E-state index contributed by atoms with van der Waals surface area (Å²) >= 11 is 17.4. The van der Waals surface area contributed by atoms with Gasteiger partial charge in [-0.05, 0) is 66.8 Å². The quantitative estimate of drug-likeness (QED) is 0.171. The molecule has 0 bridgehead atoms. The van der Waals surface area contributed by atoms with Gasteiger partial charge in [0, 0.05) is 22.2 Å². The highest BCUT2D eigenvalue weighted by atomic mass is 35.5. The minimum absolute atomic E-state index is 0.0755. The number of nitrogens with zero attached hydrogens (tertiary/aromatic N) is 2. The first-order valence-corrected chi connectivity index (χ1v) is 11.9. The maximum atomic E-state index is 13.4. The van der Waals surface area contributed by atoms with Crippen molar-refractivity contribution >= 4 is 75.0 Å². The molecule has 5 rings (SSSR count). The second kappa shape index (κ2) is 9.33. The fourth-order valence-electron chi connectivity index (χ4n) is 4.04. The molecule has 1 aliphatic heterocycles. The van der Waals surface area contributed by atoms with Crippen LogP contribution in [-0.2, 0) is 15.8 Å². The van der Waals surface area contributed by atoms with Crippen LogP contribution in [0.4, 0.5) is 18.9 Å². The number of amides is 2. The fourth-order valence-corrected chi connectivity index (χ4v) is 4.72. The van der Waals surface area contributed by atoms with E-state index in [1.54, 1.807) is 59.3 Å². The van der Waals surface area contributed by atoms with Gasteiger partial charge < -0.3 is 4.57 Å². The fraction of sp³-hybridized carbons (Fsp3) is 0.0385. The first-order chi connectivity index (χ1) is 17.5. The van der Waals surface area contributed by atoms with Crippen molar-refractivity contribution in [2.75, 3.05) is 4.90 Å². The van der Waals surface area contributed by atoms with Crippen LogP contribution in [0.2, 0.25) is 10.0 Å². The number of anilines is 1. The molecule has 0 aliphatic carbocycles. The number of carbonyl (C=O) groups excluding carboxylic acids is 2. The molecule has 1 aromatic heterocycles. The molecule has 1 N–H and O–H groups in total. The van der Waals surface area contributed by atoms with E-state index in [4.69, 9.17) is 35.4 Å². The third-order valence-corrected chi connectivity index (χ3v) is 6.60. The molecule has 0 spiro atoms. The summed E-state index contributed by atoms with van der Waals surface area (Å²) in [6, 6.07) is 16.5. The molecule has 11 heteroatoms. The van der Waals surface area contributed by atoms with Crippen LogP contribution in [0.25, 0.3) is 22.7 Å². The number of hydrogen-bond acceptors (Lipinski definition) is 3. The lowest BCUT2D eigenvalue weighted by atomic mass is 10.1. The SMILES string of the molecule is O=C1NC(=S)N(c2ccc(Cl)cc2)C(=O)/C1=C/c1cn(-c2ccc(C(F)(F)F)cc2Cl)c2ccccc12. The predicted octanol–water partition coefficient (Wildman–Crippen LogP) is 6.79. The Labute approximate surface area is 223 Å². The van der Waals surface area contributed by atoms with E-state index >= 15 is 0 Å². The van der Waals surface area contributed by atoms with Crippen LogP contribution < -0.4 is 10.2 Å². The highest BCUT2D eigenvalue weighted by molar-refractivity contribution is 7.80. The van der Waals surface area contributed by atoms with Gasteiger partial charge in [-0.2, -0.15) is 13.2 Å². The normalized spacial score (nSPS) is 15.5. The number of thiocarbonyl (C=S) groups is 1. The summed E-state index contributed by atoms with van der Waals surface area (Å²) in [6.07, 6.45) is -1.52. The molecule has 1 saturated heterocycles. The van der Waals surface area contributed by atoms with Gasteiger partial charge in [-0.1, -0.05) is 41.4 Å². The van der Waals surface area contributed by atoms with E-state index in [2.05, 4.69) is 5.32 Å². The summed E-state index contributed by atoms with van der Waals surface area (Å²) < 4.78 is 41.0. The second-order valence-corrected chi connectivity index (χ2v) is 9.30. The van der Waals surface area contributed by atoms with Gasteiger partial charge in [0.05, 0.1) is 27.5 Å². The Morgan fingerprint density at radius 1 is 0.946 bits per heavy atom. The summed E-state index contributed by atoms with van der Waals surface area (Å²) in [5.41, 5.74) is 0.773. The van der Waals surface area contributed by atoms with Gasteiger partial charge >= 0.3 is 6.18 Å². The number of hydrogen-bond donors (Lipinski definition) is 1. The number of halogens is 5.